The molecule has 0 amide bonds. The average molecular weight is 359 g/mol. The first-order valence-corrected chi connectivity index (χ1v) is 8.91. The van der Waals surface area contributed by atoms with E-state index in [0.29, 0.717) is 12.4 Å². The molecule has 1 aromatic heterocycles. The number of aromatic nitrogens is 2. The number of nitrogens with zero attached hydrogens (tertiary/aromatic N) is 1. The van der Waals surface area contributed by atoms with Gasteiger partial charge in [-0.3, -0.25) is 14.3 Å². The number of benzene rings is 1. The van der Waals surface area contributed by atoms with Crippen molar-refractivity contribution < 1.29 is 9.47 Å². The standard InChI is InChI=1S/C19H25N3O4/c1-12(2)22-18(23)10-17(21-19(22)24)20-13(3)14-5-4-6-15(9-14)26-16-7-8-25-11-16/h4-6,9-10,12-13,16,20H,7-8,11H2,1-3H3,(H,21,24)/t13-,16+/m0/s1. The van der Waals surface area contributed by atoms with Crippen LogP contribution in [0.1, 0.15) is 44.8 Å². The summed E-state index contributed by atoms with van der Waals surface area (Å²) in [6.45, 7) is 6.91. The van der Waals surface area contributed by atoms with Gasteiger partial charge in [-0.25, -0.2) is 4.79 Å². The number of aromatic amines is 1. The largest absolute Gasteiger partial charge is 0.488 e. The third kappa shape index (κ3) is 4.16. The number of hydrogen-bond donors (Lipinski definition) is 2. The second-order valence-corrected chi connectivity index (χ2v) is 6.83. The highest BCUT2D eigenvalue weighted by atomic mass is 16.5. The molecule has 0 unspecified atom stereocenters. The molecule has 0 aliphatic carbocycles. The molecule has 1 fully saturated rings. The Morgan fingerprint density at radius 3 is 2.73 bits per heavy atom. The maximum Gasteiger partial charge on any atom is 0.330 e. The predicted molar refractivity (Wildman–Crippen MR) is 100 cm³/mol. The van der Waals surface area contributed by atoms with Crippen LogP contribution in [0.3, 0.4) is 0 Å². The molecule has 1 aromatic carbocycles. The Hall–Kier alpha value is -2.54. The number of H-pyrrole nitrogens is 1. The van der Waals surface area contributed by atoms with Crippen LogP contribution in [0.25, 0.3) is 0 Å². The van der Waals surface area contributed by atoms with Gasteiger partial charge in [0.05, 0.1) is 19.3 Å². The summed E-state index contributed by atoms with van der Waals surface area (Å²) in [5.74, 6) is 1.19. The van der Waals surface area contributed by atoms with Crippen molar-refractivity contribution in [3.05, 3.63) is 56.7 Å². The minimum absolute atomic E-state index is 0.0912. The lowest BCUT2D eigenvalue weighted by atomic mass is 10.1. The molecule has 0 bridgehead atoms. The first-order valence-electron chi connectivity index (χ1n) is 8.91. The molecule has 2 aromatic rings. The maximum atomic E-state index is 12.1. The third-order valence-corrected chi connectivity index (χ3v) is 4.40. The van der Waals surface area contributed by atoms with Crippen LogP contribution >= 0.6 is 0 Å². The van der Waals surface area contributed by atoms with Crippen molar-refractivity contribution in [2.75, 3.05) is 18.5 Å². The molecular formula is C19H25N3O4. The Morgan fingerprint density at radius 2 is 2.08 bits per heavy atom. The topological polar surface area (TPSA) is 85.3 Å². The van der Waals surface area contributed by atoms with E-state index in [4.69, 9.17) is 9.47 Å². The molecule has 1 aliphatic heterocycles. The summed E-state index contributed by atoms with van der Waals surface area (Å²) in [6.07, 6.45) is 0.985. The van der Waals surface area contributed by atoms with Gasteiger partial charge in [0.25, 0.3) is 5.56 Å². The average Bonchev–Trinajstić information content (AvgIpc) is 3.07. The van der Waals surface area contributed by atoms with Gasteiger partial charge in [0, 0.05) is 18.5 Å². The quantitative estimate of drug-likeness (QED) is 0.827. The molecule has 0 saturated carbocycles. The molecule has 2 N–H and O–H groups in total. The van der Waals surface area contributed by atoms with Crippen molar-refractivity contribution in [1.82, 2.24) is 9.55 Å². The molecule has 2 atom stereocenters. The highest BCUT2D eigenvalue weighted by Crippen LogP contribution is 2.23. The molecule has 2 heterocycles. The summed E-state index contributed by atoms with van der Waals surface area (Å²) in [5.41, 5.74) is 0.257. The number of hydrogen-bond acceptors (Lipinski definition) is 5. The van der Waals surface area contributed by atoms with Crippen molar-refractivity contribution in [3.63, 3.8) is 0 Å². The predicted octanol–water partition coefficient (Wildman–Crippen LogP) is 2.46. The van der Waals surface area contributed by atoms with Crippen molar-refractivity contribution in [2.45, 2.75) is 45.4 Å². The summed E-state index contributed by atoms with van der Waals surface area (Å²) in [7, 11) is 0. The van der Waals surface area contributed by atoms with E-state index in [2.05, 4.69) is 10.3 Å². The van der Waals surface area contributed by atoms with Crippen LogP contribution in [0.15, 0.2) is 39.9 Å². The van der Waals surface area contributed by atoms with Gasteiger partial charge in [-0.05, 0) is 38.5 Å². The van der Waals surface area contributed by atoms with E-state index in [0.717, 1.165) is 24.3 Å². The van der Waals surface area contributed by atoms with Crippen LogP contribution in [0, 0.1) is 0 Å². The molecule has 1 aliphatic rings. The van der Waals surface area contributed by atoms with Crippen molar-refractivity contribution in [3.8, 4) is 5.75 Å². The fourth-order valence-corrected chi connectivity index (χ4v) is 3.04. The van der Waals surface area contributed by atoms with E-state index in [1.54, 1.807) is 13.8 Å². The van der Waals surface area contributed by atoms with Crippen LogP contribution in [-0.2, 0) is 4.74 Å². The van der Waals surface area contributed by atoms with Crippen LogP contribution in [0.4, 0.5) is 5.82 Å². The lowest BCUT2D eigenvalue weighted by Crippen LogP contribution is -2.36. The van der Waals surface area contributed by atoms with Crippen LogP contribution < -0.4 is 21.3 Å². The molecule has 0 spiro atoms. The van der Waals surface area contributed by atoms with Gasteiger partial charge in [0.2, 0.25) is 0 Å². The summed E-state index contributed by atoms with van der Waals surface area (Å²) < 4.78 is 12.5. The second kappa shape index (κ2) is 7.78. The van der Waals surface area contributed by atoms with E-state index in [1.807, 2.05) is 31.2 Å². The summed E-state index contributed by atoms with van der Waals surface area (Å²) >= 11 is 0. The van der Waals surface area contributed by atoms with Gasteiger partial charge in [-0.2, -0.15) is 0 Å². The van der Waals surface area contributed by atoms with E-state index in [1.165, 1.54) is 10.6 Å². The van der Waals surface area contributed by atoms with Gasteiger partial charge >= 0.3 is 5.69 Å². The molecule has 3 rings (SSSR count). The highest BCUT2D eigenvalue weighted by molar-refractivity contribution is 5.39. The lowest BCUT2D eigenvalue weighted by Gasteiger charge is -2.18. The zero-order valence-corrected chi connectivity index (χ0v) is 15.3. The maximum absolute atomic E-state index is 12.1. The normalized spacial score (nSPS) is 18.1. The third-order valence-electron chi connectivity index (χ3n) is 4.40. The molecule has 7 heteroatoms. The Morgan fingerprint density at radius 1 is 1.27 bits per heavy atom. The SMILES string of the molecule is CC(C)n1c(=O)cc(N[C@@H](C)c2cccc(O[C@@H]3CCOC3)c2)[nH]c1=O. The van der Waals surface area contributed by atoms with E-state index >= 15 is 0 Å². The number of anilines is 1. The zero-order valence-electron chi connectivity index (χ0n) is 15.3. The van der Waals surface area contributed by atoms with E-state index in [-0.39, 0.29) is 23.7 Å². The fourth-order valence-electron chi connectivity index (χ4n) is 3.04. The number of rotatable bonds is 6. The van der Waals surface area contributed by atoms with Crippen LogP contribution in [0.2, 0.25) is 0 Å². The van der Waals surface area contributed by atoms with Gasteiger partial charge in [0.1, 0.15) is 17.7 Å². The summed E-state index contributed by atoms with van der Waals surface area (Å²) in [5, 5.41) is 3.18. The van der Waals surface area contributed by atoms with Crippen LogP contribution in [0.5, 0.6) is 5.75 Å². The minimum Gasteiger partial charge on any atom is -0.488 e. The molecule has 140 valence electrons. The minimum atomic E-state index is -0.416. The Labute approximate surface area is 152 Å². The van der Waals surface area contributed by atoms with Gasteiger partial charge in [-0.15, -0.1) is 0 Å². The van der Waals surface area contributed by atoms with E-state index < -0.39 is 5.69 Å². The van der Waals surface area contributed by atoms with Gasteiger partial charge in [-0.1, -0.05) is 12.1 Å². The smallest absolute Gasteiger partial charge is 0.330 e. The summed E-state index contributed by atoms with van der Waals surface area (Å²) in [6, 6.07) is 8.90. The number of nitrogens with one attached hydrogen (secondary N) is 2. The summed E-state index contributed by atoms with van der Waals surface area (Å²) in [4.78, 5) is 27.0. The molecule has 7 nitrogen and oxygen atoms in total. The Balaban J connectivity index is 1.74. The number of ether oxygens (including phenoxy) is 2. The second-order valence-electron chi connectivity index (χ2n) is 6.83. The monoisotopic (exact) mass is 359 g/mol. The Bertz CT molecular complexity index is 834. The Kier molecular flexibility index (Phi) is 5.46. The van der Waals surface area contributed by atoms with Crippen molar-refractivity contribution >= 4 is 5.82 Å². The molecule has 26 heavy (non-hydrogen) atoms. The van der Waals surface area contributed by atoms with E-state index in [9.17, 15) is 9.59 Å². The molecule has 1 saturated heterocycles. The molecule has 0 radical (unpaired) electrons. The fraction of sp³-hybridized carbons (Fsp3) is 0.474. The molecular weight excluding hydrogens is 334 g/mol. The van der Waals surface area contributed by atoms with Crippen LogP contribution in [-0.4, -0.2) is 28.9 Å². The zero-order chi connectivity index (χ0) is 18.7. The van der Waals surface area contributed by atoms with Gasteiger partial charge < -0.3 is 14.8 Å². The first kappa shape index (κ1) is 18.3. The lowest BCUT2D eigenvalue weighted by molar-refractivity contribution is 0.141. The van der Waals surface area contributed by atoms with Crippen molar-refractivity contribution in [2.24, 2.45) is 0 Å². The first-order chi connectivity index (χ1) is 12.4. The van der Waals surface area contributed by atoms with Gasteiger partial charge in [0.15, 0.2) is 0 Å². The highest BCUT2D eigenvalue weighted by Gasteiger charge is 2.18. The van der Waals surface area contributed by atoms with Crippen molar-refractivity contribution in [1.29, 1.82) is 0 Å².